The SMILES string of the molecule is C=C1CCCCN(C(=O)/C=C/c2cc(C)c(C)c(OC)c2)C1=O. The number of imide groups is 1. The lowest BCUT2D eigenvalue weighted by molar-refractivity contribution is -0.139. The highest BCUT2D eigenvalue weighted by Gasteiger charge is 2.23. The molecule has 2 amide bonds. The minimum absolute atomic E-state index is 0.255. The Bertz CT molecular complexity index is 673. The van der Waals surface area contributed by atoms with E-state index >= 15 is 0 Å². The monoisotopic (exact) mass is 313 g/mol. The molecule has 0 spiro atoms. The molecule has 0 atom stereocenters. The number of hydrogen-bond acceptors (Lipinski definition) is 3. The lowest BCUT2D eigenvalue weighted by atomic mass is 10.0. The molecule has 1 saturated heterocycles. The molecule has 0 N–H and O–H groups in total. The number of rotatable bonds is 3. The molecule has 0 radical (unpaired) electrons. The van der Waals surface area contributed by atoms with Gasteiger partial charge in [-0.05, 0) is 61.9 Å². The van der Waals surface area contributed by atoms with Gasteiger partial charge in [-0.2, -0.15) is 0 Å². The summed E-state index contributed by atoms with van der Waals surface area (Å²) in [7, 11) is 1.63. The number of carbonyl (C=O) groups is 2. The van der Waals surface area contributed by atoms with Crippen molar-refractivity contribution in [3.8, 4) is 5.75 Å². The Labute approximate surface area is 137 Å². The van der Waals surface area contributed by atoms with E-state index in [9.17, 15) is 9.59 Å². The summed E-state index contributed by atoms with van der Waals surface area (Å²) in [6.07, 6.45) is 5.55. The van der Waals surface area contributed by atoms with E-state index in [1.165, 1.54) is 11.0 Å². The third-order valence-corrected chi connectivity index (χ3v) is 4.20. The van der Waals surface area contributed by atoms with E-state index in [1.54, 1.807) is 13.2 Å². The summed E-state index contributed by atoms with van der Waals surface area (Å²) in [4.78, 5) is 25.8. The van der Waals surface area contributed by atoms with Gasteiger partial charge in [-0.1, -0.05) is 12.6 Å². The summed E-state index contributed by atoms with van der Waals surface area (Å²) < 4.78 is 5.34. The Balaban J connectivity index is 2.19. The first-order chi connectivity index (χ1) is 10.9. The Hall–Kier alpha value is -2.36. The van der Waals surface area contributed by atoms with Gasteiger partial charge in [-0.25, -0.2) is 0 Å². The molecule has 0 aliphatic carbocycles. The fourth-order valence-electron chi connectivity index (χ4n) is 2.64. The summed E-state index contributed by atoms with van der Waals surface area (Å²) in [6.45, 7) is 8.22. The predicted octanol–water partition coefficient (Wildman–Crippen LogP) is 3.42. The van der Waals surface area contributed by atoms with Gasteiger partial charge in [0, 0.05) is 18.2 Å². The first-order valence-electron chi connectivity index (χ1n) is 7.81. The first-order valence-corrected chi connectivity index (χ1v) is 7.81. The van der Waals surface area contributed by atoms with Gasteiger partial charge in [0.25, 0.3) is 11.8 Å². The fraction of sp³-hybridized carbons (Fsp3) is 0.368. The summed E-state index contributed by atoms with van der Waals surface area (Å²) in [6, 6.07) is 3.88. The van der Waals surface area contributed by atoms with Crippen molar-refractivity contribution >= 4 is 17.9 Å². The van der Waals surface area contributed by atoms with Crippen LogP contribution >= 0.6 is 0 Å². The molecule has 0 aromatic heterocycles. The van der Waals surface area contributed by atoms with Crippen LogP contribution in [-0.2, 0) is 9.59 Å². The van der Waals surface area contributed by atoms with Crippen molar-refractivity contribution in [1.82, 2.24) is 4.90 Å². The average Bonchev–Trinajstić information content (AvgIpc) is 2.70. The van der Waals surface area contributed by atoms with Crippen LogP contribution in [0.5, 0.6) is 5.75 Å². The Morgan fingerprint density at radius 1 is 1.30 bits per heavy atom. The minimum atomic E-state index is -0.296. The van der Waals surface area contributed by atoms with Crippen molar-refractivity contribution in [3.63, 3.8) is 0 Å². The summed E-state index contributed by atoms with van der Waals surface area (Å²) in [5.74, 6) is 0.237. The number of nitrogens with zero attached hydrogens (tertiary/aromatic N) is 1. The molecule has 0 unspecified atom stereocenters. The van der Waals surface area contributed by atoms with E-state index in [2.05, 4.69) is 6.58 Å². The maximum Gasteiger partial charge on any atom is 0.256 e. The second-order valence-electron chi connectivity index (χ2n) is 5.85. The summed E-state index contributed by atoms with van der Waals surface area (Å²) >= 11 is 0. The Morgan fingerprint density at radius 3 is 2.74 bits per heavy atom. The molecule has 0 saturated carbocycles. The normalized spacial score (nSPS) is 15.9. The van der Waals surface area contributed by atoms with Crippen LogP contribution in [-0.4, -0.2) is 30.4 Å². The van der Waals surface area contributed by atoms with Gasteiger partial charge in [-0.15, -0.1) is 0 Å². The van der Waals surface area contributed by atoms with Crippen LogP contribution in [0.3, 0.4) is 0 Å². The van der Waals surface area contributed by atoms with Crippen molar-refractivity contribution in [3.05, 3.63) is 47.1 Å². The van der Waals surface area contributed by atoms with E-state index in [0.717, 1.165) is 35.3 Å². The molecular weight excluding hydrogens is 290 g/mol. The zero-order valence-corrected chi connectivity index (χ0v) is 14.0. The largest absolute Gasteiger partial charge is 0.496 e. The number of aryl methyl sites for hydroxylation is 1. The number of amides is 2. The molecule has 122 valence electrons. The van der Waals surface area contributed by atoms with E-state index in [4.69, 9.17) is 4.74 Å². The highest BCUT2D eigenvalue weighted by molar-refractivity contribution is 6.08. The van der Waals surface area contributed by atoms with Crippen LogP contribution < -0.4 is 4.74 Å². The molecule has 23 heavy (non-hydrogen) atoms. The van der Waals surface area contributed by atoms with Crippen molar-refractivity contribution in [2.45, 2.75) is 33.1 Å². The average molecular weight is 313 g/mol. The zero-order chi connectivity index (χ0) is 17.0. The van der Waals surface area contributed by atoms with Gasteiger partial charge in [0.05, 0.1) is 7.11 Å². The van der Waals surface area contributed by atoms with Crippen molar-refractivity contribution in [1.29, 1.82) is 0 Å². The molecule has 1 fully saturated rings. The second kappa shape index (κ2) is 7.27. The van der Waals surface area contributed by atoms with Gasteiger partial charge < -0.3 is 4.74 Å². The number of benzene rings is 1. The fourth-order valence-corrected chi connectivity index (χ4v) is 2.64. The topological polar surface area (TPSA) is 46.6 Å². The molecule has 4 heteroatoms. The maximum atomic E-state index is 12.3. The van der Waals surface area contributed by atoms with Crippen LogP contribution in [0.25, 0.3) is 6.08 Å². The van der Waals surface area contributed by atoms with Crippen LogP contribution in [0.15, 0.2) is 30.4 Å². The number of ether oxygens (including phenoxy) is 1. The van der Waals surface area contributed by atoms with Gasteiger partial charge >= 0.3 is 0 Å². The van der Waals surface area contributed by atoms with Gasteiger partial charge in [0.15, 0.2) is 0 Å². The highest BCUT2D eigenvalue weighted by atomic mass is 16.5. The Kier molecular flexibility index (Phi) is 5.37. The number of hydrogen-bond donors (Lipinski definition) is 0. The van der Waals surface area contributed by atoms with Crippen LogP contribution in [0, 0.1) is 13.8 Å². The Morgan fingerprint density at radius 2 is 2.04 bits per heavy atom. The van der Waals surface area contributed by atoms with E-state index in [0.29, 0.717) is 18.5 Å². The van der Waals surface area contributed by atoms with E-state index < -0.39 is 0 Å². The lowest BCUT2D eigenvalue weighted by Crippen LogP contribution is -2.35. The first kappa shape index (κ1) is 17.0. The molecule has 2 rings (SSSR count). The second-order valence-corrected chi connectivity index (χ2v) is 5.85. The van der Waals surface area contributed by atoms with Crippen molar-refractivity contribution < 1.29 is 14.3 Å². The van der Waals surface area contributed by atoms with Crippen LogP contribution in [0.2, 0.25) is 0 Å². The van der Waals surface area contributed by atoms with E-state index in [1.807, 2.05) is 26.0 Å². The number of carbonyl (C=O) groups excluding carboxylic acids is 2. The number of methoxy groups -OCH3 is 1. The summed E-state index contributed by atoms with van der Waals surface area (Å²) in [5, 5.41) is 0. The van der Waals surface area contributed by atoms with Crippen molar-refractivity contribution in [2.24, 2.45) is 0 Å². The lowest BCUT2D eigenvalue weighted by Gasteiger charge is -2.16. The third kappa shape index (κ3) is 3.89. The van der Waals surface area contributed by atoms with Gasteiger partial charge in [0.1, 0.15) is 5.75 Å². The van der Waals surface area contributed by atoms with Crippen LogP contribution in [0.1, 0.15) is 36.0 Å². The smallest absolute Gasteiger partial charge is 0.256 e. The molecule has 1 aromatic carbocycles. The van der Waals surface area contributed by atoms with Gasteiger partial charge in [0.2, 0.25) is 0 Å². The highest BCUT2D eigenvalue weighted by Crippen LogP contribution is 2.24. The molecule has 1 aliphatic rings. The predicted molar refractivity (Wildman–Crippen MR) is 91.2 cm³/mol. The summed E-state index contributed by atoms with van der Waals surface area (Å²) in [5.41, 5.74) is 3.56. The molecular formula is C19H23NO3. The molecule has 0 bridgehead atoms. The molecule has 4 nitrogen and oxygen atoms in total. The quantitative estimate of drug-likeness (QED) is 0.803. The third-order valence-electron chi connectivity index (χ3n) is 4.20. The number of likely N-dealkylation sites (tertiary alicyclic amines) is 1. The van der Waals surface area contributed by atoms with Crippen molar-refractivity contribution in [2.75, 3.05) is 13.7 Å². The van der Waals surface area contributed by atoms with E-state index in [-0.39, 0.29) is 11.8 Å². The van der Waals surface area contributed by atoms with Gasteiger partial charge in [-0.3, -0.25) is 14.5 Å². The maximum absolute atomic E-state index is 12.3. The molecule has 1 heterocycles. The molecule has 1 aliphatic heterocycles. The van der Waals surface area contributed by atoms with Crippen LogP contribution in [0.4, 0.5) is 0 Å². The zero-order valence-electron chi connectivity index (χ0n) is 14.0. The standard InChI is InChI=1S/C19H23NO3/c1-13-7-5-6-10-20(19(13)22)18(21)9-8-16-11-14(2)15(3)17(12-16)23-4/h8-9,11-12H,1,5-7,10H2,2-4H3/b9-8+. The minimum Gasteiger partial charge on any atom is -0.496 e. The molecule has 1 aromatic rings.